The Morgan fingerprint density at radius 3 is 2.72 bits per heavy atom. The van der Waals surface area contributed by atoms with Gasteiger partial charge in [-0.2, -0.15) is 0 Å². The second-order valence-electron chi connectivity index (χ2n) is 4.56. The molecular weight excluding hydrogens is 246 g/mol. The van der Waals surface area contributed by atoms with E-state index in [4.69, 9.17) is 5.73 Å². The van der Waals surface area contributed by atoms with E-state index < -0.39 is 0 Å². The highest BCUT2D eigenvalue weighted by Gasteiger charge is 2.22. The van der Waals surface area contributed by atoms with Gasteiger partial charge in [0.05, 0.1) is 5.25 Å². The molecule has 2 N–H and O–H groups in total. The molecule has 1 aromatic heterocycles. The summed E-state index contributed by atoms with van der Waals surface area (Å²) in [6.45, 7) is 3.77. The molecule has 1 unspecified atom stereocenters. The van der Waals surface area contributed by atoms with Crippen molar-refractivity contribution in [1.82, 2.24) is 9.88 Å². The quantitative estimate of drug-likeness (QED) is 0.851. The first kappa shape index (κ1) is 13.2. The number of hydrogen-bond acceptors (Lipinski definition) is 4. The van der Waals surface area contributed by atoms with Gasteiger partial charge < -0.3 is 10.6 Å². The Morgan fingerprint density at radius 2 is 2.11 bits per heavy atom. The van der Waals surface area contributed by atoms with E-state index in [1.807, 2.05) is 17.9 Å². The highest BCUT2D eigenvalue weighted by Crippen LogP contribution is 2.25. The molecule has 2 heterocycles. The summed E-state index contributed by atoms with van der Waals surface area (Å²) in [6.07, 6.45) is 5.23. The lowest BCUT2D eigenvalue weighted by atomic mass is 10.1. The smallest absolute Gasteiger partial charge is 0.235 e. The van der Waals surface area contributed by atoms with Gasteiger partial charge in [0.1, 0.15) is 5.82 Å². The van der Waals surface area contributed by atoms with Gasteiger partial charge in [-0.25, -0.2) is 4.98 Å². The van der Waals surface area contributed by atoms with Crippen molar-refractivity contribution in [3.05, 3.63) is 18.3 Å². The van der Waals surface area contributed by atoms with Crippen molar-refractivity contribution in [1.29, 1.82) is 0 Å². The van der Waals surface area contributed by atoms with Gasteiger partial charge >= 0.3 is 0 Å². The minimum Gasteiger partial charge on any atom is -0.384 e. The number of carbonyl (C=O) groups excluding carboxylic acids is 1. The summed E-state index contributed by atoms with van der Waals surface area (Å²) in [4.78, 5) is 19.2. The average molecular weight is 265 g/mol. The molecule has 0 aliphatic carbocycles. The van der Waals surface area contributed by atoms with Crippen molar-refractivity contribution in [2.45, 2.75) is 36.3 Å². The van der Waals surface area contributed by atoms with E-state index in [9.17, 15) is 4.79 Å². The van der Waals surface area contributed by atoms with Crippen molar-refractivity contribution in [3.63, 3.8) is 0 Å². The van der Waals surface area contributed by atoms with E-state index in [2.05, 4.69) is 4.98 Å². The standard InChI is InChI=1S/C13H19N3OS/c1-10(13(17)16-7-3-2-4-8-16)18-11-5-6-12(14)15-9-11/h5-6,9-10H,2-4,7-8H2,1H3,(H2,14,15). The topological polar surface area (TPSA) is 59.2 Å². The van der Waals surface area contributed by atoms with Crippen LogP contribution in [-0.4, -0.2) is 34.1 Å². The number of likely N-dealkylation sites (tertiary alicyclic amines) is 1. The predicted octanol–water partition coefficient (Wildman–Crippen LogP) is 2.16. The summed E-state index contributed by atoms with van der Waals surface area (Å²) in [5, 5.41) is -0.0616. The van der Waals surface area contributed by atoms with Crippen LogP contribution in [0, 0.1) is 0 Å². The van der Waals surface area contributed by atoms with Gasteiger partial charge in [-0.15, -0.1) is 11.8 Å². The number of nitrogen functional groups attached to an aromatic ring is 1. The molecule has 2 rings (SSSR count). The third-order valence-electron chi connectivity index (χ3n) is 3.09. The number of anilines is 1. The van der Waals surface area contributed by atoms with Gasteiger partial charge in [0.2, 0.25) is 5.91 Å². The van der Waals surface area contributed by atoms with Crippen LogP contribution < -0.4 is 5.73 Å². The van der Waals surface area contributed by atoms with Crippen LogP contribution >= 0.6 is 11.8 Å². The molecule has 1 atom stereocenters. The van der Waals surface area contributed by atoms with Crippen molar-refractivity contribution in [2.75, 3.05) is 18.8 Å². The third-order valence-corrected chi connectivity index (χ3v) is 4.16. The zero-order valence-corrected chi connectivity index (χ0v) is 11.4. The Kier molecular flexibility index (Phi) is 4.47. The second-order valence-corrected chi connectivity index (χ2v) is 5.98. The fourth-order valence-electron chi connectivity index (χ4n) is 2.09. The zero-order valence-electron chi connectivity index (χ0n) is 10.6. The summed E-state index contributed by atoms with van der Waals surface area (Å²) < 4.78 is 0. The van der Waals surface area contributed by atoms with Gasteiger partial charge in [0.15, 0.2) is 0 Å². The molecular formula is C13H19N3OS. The SMILES string of the molecule is CC(Sc1ccc(N)nc1)C(=O)N1CCCCC1. The molecule has 0 saturated carbocycles. The molecule has 0 aromatic carbocycles. The van der Waals surface area contributed by atoms with E-state index in [1.165, 1.54) is 6.42 Å². The van der Waals surface area contributed by atoms with E-state index >= 15 is 0 Å². The molecule has 1 aliphatic heterocycles. The minimum absolute atomic E-state index is 0.0616. The summed E-state index contributed by atoms with van der Waals surface area (Å²) >= 11 is 1.54. The molecule has 18 heavy (non-hydrogen) atoms. The summed E-state index contributed by atoms with van der Waals surface area (Å²) in [5.41, 5.74) is 5.54. The maximum atomic E-state index is 12.2. The van der Waals surface area contributed by atoms with Crippen LogP contribution in [0.3, 0.4) is 0 Å². The number of hydrogen-bond donors (Lipinski definition) is 1. The maximum Gasteiger partial charge on any atom is 0.235 e. The zero-order chi connectivity index (χ0) is 13.0. The number of carbonyl (C=O) groups is 1. The Labute approximate surface area is 112 Å². The molecule has 0 bridgehead atoms. The van der Waals surface area contributed by atoms with Crippen LogP contribution in [0.25, 0.3) is 0 Å². The summed E-state index contributed by atoms with van der Waals surface area (Å²) in [5.74, 6) is 0.742. The van der Waals surface area contributed by atoms with E-state index in [0.717, 1.165) is 30.8 Å². The van der Waals surface area contributed by atoms with Gasteiger partial charge in [0.25, 0.3) is 0 Å². The normalized spacial score (nSPS) is 17.5. The van der Waals surface area contributed by atoms with Crippen molar-refractivity contribution in [3.8, 4) is 0 Å². The van der Waals surface area contributed by atoms with Crippen LogP contribution in [0.5, 0.6) is 0 Å². The maximum absolute atomic E-state index is 12.2. The fraction of sp³-hybridized carbons (Fsp3) is 0.538. The Bertz CT molecular complexity index is 401. The lowest BCUT2D eigenvalue weighted by Gasteiger charge is -2.29. The number of thioether (sulfide) groups is 1. The fourth-order valence-corrected chi connectivity index (χ4v) is 3.01. The number of rotatable bonds is 3. The molecule has 1 aliphatic rings. The lowest BCUT2D eigenvalue weighted by Crippen LogP contribution is -2.40. The van der Waals surface area contributed by atoms with Crippen LogP contribution in [0.1, 0.15) is 26.2 Å². The third kappa shape index (κ3) is 3.38. The number of nitrogens with two attached hydrogens (primary N) is 1. The van der Waals surface area contributed by atoms with E-state index in [-0.39, 0.29) is 11.2 Å². The predicted molar refractivity (Wildman–Crippen MR) is 74.4 cm³/mol. The monoisotopic (exact) mass is 265 g/mol. The Balaban J connectivity index is 1.92. The van der Waals surface area contributed by atoms with Crippen LogP contribution in [0.2, 0.25) is 0 Å². The largest absolute Gasteiger partial charge is 0.384 e. The Morgan fingerprint density at radius 1 is 1.39 bits per heavy atom. The second kappa shape index (κ2) is 6.09. The van der Waals surface area contributed by atoms with Crippen LogP contribution in [0.4, 0.5) is 5.82 Å². The lowest BCUT2D eigenvalue weighted by molar-refractivity contribution is -0.131. The Hall–Kier alpha value is -1.23. The van der Waals surface area contributed by atoms with Crippen molar-refractivity contribution >= 4 is 23.5 Å². The van der Waals surface area contributed by atoms with E-state index in [0.29, 0.717) is 5.82 Å². The van der Waals surface area contributed by atoms with Crippen LogP contribution in [-0.2, 0) is 4.79 Å². The number of aromatic nitrogens is 1. The molecule has 0 spiro atoms. The molecule has 1 aromatic rings. The molecule has 5 heteroatoms. The van der Waals surface area contributed by atoms with Crippen molar-refractivity contribution in [2.24, 2.45) is 0 Å². The van der Waals surface area contributed by atoms with Crippen LogP contribution in [0.15, 0.2) is 23.2 Å². The molecule has 1 fully saturated rings. The first-order valence-corrected chi connectivity index (χ1v) is 7.22. The highest BCUT2D eigenvalue weighted by molar-refractivity contribution is 8.00. The molecule has 1 saturated heterocycles. The van der Waals surface area contributed by atoms with Gasteiger partial charge in [-0.1, -0.05) is 0 Å². The minimum atomic E-state index is -0.0616. The number of piperidine rings is 1. The van der Waals surface area contributed by atoms with Gasteiger partial charge in [-0.05, 0) is 38.3 Å². The molecule has 0 radical (unpaired) electrons. The van der Waals surface area contributed by atoms with Crippen molar-refractivity contribution < 1.29 is 4.79 Å². The highest BCUT2D eigenvalue weighted by atomic mass is 32.2. The van der Waals surface area contributed by atoms with Gasteiger partial charge in [-0.3, -0.25) is 4.79 Å². The number of nitrogens with zero attached hydrogens (tertiary/aromatic N) is 2. The summed E-state index contributed by atoms with van der Waals surface area (Å²) in [6, 6.07) is 3.67. The molecule has 98 valence electrons. The number of amides is 1. The first-order valence-electron chi connectivity index (χ1n) is 6.34. The average Bonchev–Trinajstić information content (AvgIpc) is 2.41. The molecule has 1 amide bonds. The molecule has 4 nitrogen and oxygen atoms in total. The first-order chi connectivity index (χ1) is 8.66. The summed E-state index contributed by atoms with van der Waals surface area (Å²) in [7, 11) is 0. The van der Waals surface area contributed by atoms with Gasteiger partial charge in [0, 0.05) is 24.2 Å². The number of pyridine rings is 1. The van der Waals surface area contributed by atoms with E-state index in [1.54, 1.807) is 24.0 Å².